The smallest absolute Gasteiger partial charge is 0.341 e. The molecule has 0 aliphatic rings. The molecular weight excluding hydrogens is 416 g/mol. The molecule has 0 heterocycles. The van der Waals surface area contributed by atoms with E-state index in [-0.39, 0.29) is 34.9 Å². The Labute approximate surface area is 173 Å². The van der Waals surface area contributed by atoms with Crippen LogP contribution in [0.2, 0.25) is 0 Å². The summed E-state index contributed by atoms with van der Waals surface area (Å²) in [6.07, 6.45) is -0.214. The second-order valence-corrected chi connectivity index (χ2v) is 7.67. The molecule has 0 aliphatic heterocycles. The summed E-state index contributed by atoms with van der Waals surface area (Å²) in [6.45, 7) is -0.194. The molecule has 0 aliphatic carbocycles. The number of benzene rings is 2. The Morgan fingerprint density at radius 2 is 1.73 bits per heavy atom. The van der Waals surface area contributed by atoms with Crippen LogP contribution >= 0.6 is 0 Å². The Morgan fingerprint density at radius 1 is 1.03 bits per heavy atom. The summed E-state index contributed by atoms with van der Waals surface area (Å²) in [5.74, 6) is -1.14. The number of para-hydroxylation sites is 1. The molecule has 3 N–H and O–H groups in total. The number of aromatic hydroxyl groups is 1. The quantitative estimate of drug-likeness (QED) is 0.395. The van der Waals surface area contributed by atoms with E-state index in [0.717, 1.165) is 7.11 Å². The number of carbonyl (C=O) groups excluding carboxylic acids is 2. The van der Waals surface area contributed by atoms with Crippen LogP contribution in [0.5, 0.6) is 17.2 Å². The number of phenols is 1. The van der Waals surface area contributed by atoms with E-state index < -0.39 is 27.6 Å². The summed E-state index contributed by atoms with van der Waals surface area (Å²) in [5.41, 5.74) is -0.102. The van der Waals surface area contributed by atoms with Crippen LogP contribution in [0, 0.1) is 0 Å². The maximum absolute atomic E-state index is 12.4. The Morgan fingerprint density at radius 3 is 2.37 bits per heavy atom. The van der Waals surface area contributed by atoms with Crippen LogP contribution in [-0.4, -0.2) is 53.3 Å². The monoisotopic (exact) mass is 438 g/mol. The van der Waals surface area contributed by atoms with Gasteiger partial charge in [0, 0.05) is 19.0 Å². The molecule has 1 amide bonds. The number of rotatable bonds is 9. The van der Waals surface area contributed by atoms with Gasteiger partial charge in [0.2, 0.25) is 15.9 Å². The molecule has 0 spiro atoms. The molecule has 0 bridgehead atoms. The third-order valence-corrected chi connectivity index (χ3v) is 5.48. The lowest BCUT2D eigenvalue weighted by Crippen LogP contribution is -2.28. The number of hydrogen-bond acceptors (Lipinski definition) is 8. The average molecular weight is 438 g/mol. The predicted molar refractivity (Wildman–Crippen MR) is 107 cm³/mol. The van der Waals surface area contributed by atoms with Crippen LogP contribution in [0.3, 0.4) is 0 Å². The average Bonchev–Trinajstić information content (AvgIpc) is 2.73. The summed E-state index contributed by atoms with van der Waals surface area (Å²) in [4.78, 5) is 23.6. The van der Waals surface area contributed by atoms with Gasteiger partial charge in [0.25, 0.3) is 0 Å². The Balaban J connectivity index is 2.00. The first-order valence-electron chi connectivity index (χ1n) is 8.65. The molecule has 2 aromatic carbocycles. The lowest BCUT2D eigenvalue weighted by atomic mass is 10.1. The fraction of sp³-hybridized carbons (Fsp3) is 0.263. The summed E-state index contributed by atoms with van der Waals surface area (Å²) in [5, 5.41) is 12.5. The number of hydrogen-bond donors (Lipinski definition) is 3. The van der Waals surface area contributed by atoms with Gasteiger partial charge in [-0.15, -0.1) is 0 Å². The molecule has 0 radical (unpaired) electrons. The van der Waals surface area contributed by atoms with Crippen LogP contribution in [-0.2, 0) is 19.6 Å². The molecule has 2 rings (SSSR count). The lowest BCUT2D eigenvalue weighted by molar-refractivity contribution is -0.116. The molecule has 162 valence electrons. The van der Waals surface area contributed by atoms with Crippen molar-refractivity contribution in [2.45, 2.75) is 11.3 Å². The number of amides is 1. The molecule has 0 saturated heterocycles. The second kappa shape index (κ2) is 9.94. The minimum Gasteiger partial charge on any atom is -0.505 e. The highest BCUT2D eigenvalue weighted by atomic mass is 32.2. The van der Waals surface area contributed by atoms with Gasteiger partial charge >= 0.3 is 5.97 Å². The number of sulfonamides is 1. The van der Waals surface area contributed by atoms with Crippen molar-refractivity contribution in [3.63, 3.8) is 0 Å². The number of esters is 1. The van der Waals surface area contributed by atoms with Crippen molar-refractivity contribution in [2.24, 2.45) is 0 Å². The number of phenolic OH excluding ortho intramolecular Hbond substituents is 1. The van der Waals surface area contributed by atoms with E-state index in [1.807, 2.05) is 0 Å². The molecule has 10 nitrogen and oxygen atoms in total. The van der Waals surface area contributed by atoms with Gasteiger partial charge in [0.15, 0.2) is 17.2 Å². The third kappa shape index (κ3) is 5.39. The van der Waals surface area contributed by atoms with Gasteiger partial charge in [-0.3, -0.25) is 4.79 Å². The fourth-order valence-electron chi connectivity index (χ4n) is 2.50. The molecular formula is C19H22N2O8S. The highest BCUT2D eigenvalue weighted by Crippen LogP contribution is 2.29. The highest BCUT2D eigenvalue weighted by Gasteiger charge is 2.19. The van der Waals surface area contributed by atoms with Gasteiger partial charge in [0.1, 0.15) is 5.56 Å². The minimum atomic E-state index is -3.89. The van der Waals surface area contributed by atoms with E-state index in [2.05, 4.69) is 14.8 Å². The zero-order valence-electron chi connectivity index (χ0n) is 16.6. The third-order valence-electron chi connectivity index (χ3n) is 4.02. The van der Waals surface area contributed by atoms with E-state index in [9.17, 15) is 23.1 Å². The lowest BCUT2D eigenvalue weighted by Gasteiger charge is -2.12. The van der Waals surface area contributed by atoms with Crippen LogP contribution in [0.4, 0.5) is 5.69 Å². The summed E-state index contributed by atoms with van der Waals surface area (Å²) < 4.78 is 41.9. The molecule has 0 fully saturated rings. The van der Waals surface area contributed by atoms with Gasteiger partial charge in [-0.05, 0) is 24.3 Å². The Bertz CT molecular complexity index is 1040. The van der Waals surface area contributed by atoms with Gasteiger partial charge < -0.3 is 24.6 Å². The van der Waals surface area contributed by atoms with Gasteiger partial charge in [-0.25, -0.2) is 17.9 Å². The molecule has 0 atom stereocenters. The highest BCUT2D eigenvalue weighted by molar-refractivity contribution is 7.89. The SMILES string of the molecule is COC(=O)c1cccc(NC(=O)CCNS(=O)(=O)c2ccc(OC)c(OC)c2)c1O. The number of ether oxygens (including phenoxy) is 3. The van der Waals surface area contributed by atoms with E-state index >= 15 is 0 Å². The van der Waals surface area contributed by atoms with Crippen molar-refractivity contribution in [3.05, 3.63) is 42.0 Å². The van der Waals surface area contributed by atoms with E-state index in [1.165, 1.54) is 50.6 Å². The van der Waals surface area contributed by atoms with Crippen LogP contribution in [0.25, 0.3) is 0 Å². The largest absolute Gasteiger partial charge is 0.505 e. The maximum Gasteiger partial charge on any atom is 0.341 e. The summed E-state index contributed by atoms with van der Waals surface area (Å²) >= 11 is 0. The first-order valence-corrected chi connectivity index (χ1v) is 10.1. The van der Waals surface area contributed by atoms with Crippen molar-refractivity contribution in [3.8, 4) is 17.2 Å². The van der Waals surface area contributed by atoms with Gasteiger partial charge in [-0.2, -0.15) is 0 Å². The first kappa shape index (κ1) is 23.0. The fourth-order valence-corrected chi connectivity index (χ4v) is 3.54. The van der Waals surface area contributed by atoms with Crippen LogP contribution in [0.15, 0.2) is 41.3 Å². The molecule has 0 saturated carbocycles. The zero-order chi connectivity index (χ0) is 22.3. The summed E-state index contributed by atoms with van der Waals surface area (Å²) in [6, 6.07) is 8.30. The van der Waals surface area contributed by atoms with Crippen molar-refractivity contribution in [1.29, 1.82) is 0 Å². The Kier molecular flexibility index (Phi) is 7.61. The summed E-state index contributed by atoms with van der Waals surface area (Å²) in [7, 11) is 0.0899. The van der Waals surface area contributed by atoms with Gasteiger partial charge in [0.05, 0.1) is 31.9 Å². The van der Waals surface area contributed by atoms with E-state index in [4.69, 9.17) is 9.47 Å². The van der Waals surface area contributed by atoms with Crippen molar-refractivity contribution in [1.82, 2.24) is 4.72 Å². The topological polar surface area (TPSA) is 140 Å². The standard InChI is InChI=1S/C19H22N2O8S/c1-27-15-8-7-12(11-16(15)28-2)30(25,26)20-10-9-17(22)21-14-6-4-5-13(18(14)23)19(24)29-3/h4-8,11,20,23H,9-10H2,1-3H3,(H,21,22). The van der Waals surface area contributed by atoms with Crippen molar-refractivity contribution < 1.29 is 37.3 Å². The second-order valence-electron chi connectivity index (χ2n) is 5.91. The van der Waals surface area contributed by atoms with Crippen LogP contribution in [0.1, 0.15) is 16.8 Å². The molecule has 0 unspecified atom stereocenters. The number of methoxy groups -OCH3 is 3. The minimum absolute atomic E-state index is 0.00523. The zero-order valence-corrected chi connectivity index (χ0v) is 17.4. The molecule has 0 aromatic heterocycles. The molecule has 11 heteroatoms. The first-order chi connectivity index (χ1) is 14.2. The number of carbonyl (C=O) groups is 2. The number of anilines is 1. The maximum atomic E-state index is 12.4. The molecule has 30 heavy (non-hydrogen) atoms. The normalized spacial score (nSPS) is 10.9. The van der Waals surface area contributed by atoms with Crippen molar-refractivity contribution in [2.75, 3.05) is 33.2 Å². The van der Waals surface area contributed by atoms with E-state index in [0.29, 0.717) is 5.75 Å². The molecule has 2 aromatic rings. The van der Waals surface area contributed by atoms with E-state index in [1.54, 1.807) is 0 Å². The number of nitrogens with one attached hydrogen (secondary N) is 2. The van der Waals surface area contributed by atoms with Crippen molar-refractivity contribution >= 4 is 27.6 Å². The van der Waals surface area contributed by atoms with Gasteiger partial charge in [-0.1, -0.05) is 6.07 Å². The predicted octanol–water partition coefficient (Wildman–Crippen LogP) is 1.50. The van der Waals surface area contributed by atoms with Crippen LogP contribution < -0.4 is 19.5 Å². The Hall–Kier alpha value is -3.31.